The van der Waals surface area contributed by atoms with Crippen LogP contribution < -0.4 is 10.5 Å². The first-order valence-corrected chi connectivity index (χ1v) is 7.48. The minimum Gasteiger partial charge on any atom is -0.399 e. The van der Waals surface area contributed by atoms with E-state index in [1.54, 1.807) is 26.0 Å². The number of aryl methyl sites for hydroxylation is 2. The maximum absolute atomic E-state index is 12.4. The summed E-state index contributed by atoms with van der Waals surface area (Å²) in [7, 11) is -3.51. The van der Waals surface area contributed by atoms with Gasteiger partial charge < -0.3 is 5.73 Å². The van der Waals surface area contributed by atoms with Crippen molar-refractivity contribution in [3.63, 3.8) is 0 Å². The van der Waals surface area contributed by atoms with Gasteiger partial charge in [-0.15, -0.1) is 0 Å². The van der Waals surface area contributed by atoms with Crippen molar-refractivity contribution < 1.29 is 8.42 Å². The van der Waals surface area contributed by atoms with Gasteiger partial charge in [0.05, 0.1) is 4.90 Å². The lowest BCUT2D eigenvalue weighted by molar-refractivity contribution is 0.439. The molecule has 0 saturated heterocycles. The summed E-state index contributed by atoms with van der Waals surface area (Å²) in [5.41, 5.74) is 7.18. The molecule has 0 unspecified atom stereocenters. The second-order valence-electron chi connectivity index (χ2n) is 5.33. The average Bonchev–Trinajstić information content (AvgIpc) is 2.13. The molecule has 0 bridgehead atoms. The van der Waals surface area contributed by atoms with E-state index in [1.807, 2.05) is 20.8 Å². The number of benzene rings is 1. The van der Waals surface area contributed by atoms with E-state index in [0.717, 1.165) is 6.42 Å². The molecule has 5 heteroatoms. The molecule has 1 aromatic rings. The van der Waals surface area contributed by atoms with E-state index in [9.17, 15) is 8.42 Å². The number of anilines is 1. The number of nitrogens with one attached hydrogen (secondary N) is 1. The molecule has 18 heavy (non-hydrogen) atoms. The molecule has 0 radical (unpaired) electrons. The molecule has 0 spiro atoms. The van der Waals surface area contributed by atoms with Crippen molar-refractivity contribution in [3.8, 4) is 0 Å². The summed E-state index contributed by atoms with van der Waals surface area (Å²) in [5, 5.41) is 0. The van der Waals surface area contributed by atoms with Crippen LogP contribution in [0.5, 0.6) is 0 Å². The van der Waals surface area contributed by atoms with E-state index in [2.05, 4.69) is 4.72 Å². The molecule has 0 atom stereocenters. The van der Waals surface area contributed by atoms with Crippen LogP contribution in [0.3, 0.4) is 0 Å². The standard InChI is InChI=1S/C13H22N2O2S/c1-6-13(4,5)15-18(16,17)12-9(2)7-11(14)8-10(12)3/h7-8,15H,6,14H2,1-5H3. The number of rotatable bonds is 4. The summed E-state index contributed by atoms with van der Waals surface area (Å²) in [6, 6.07) is 3.36. The third kappa shape index (κ3) is 3.23. The smallest absolute Gasteiger partial charge is 0.241 e. The minimum absolute atomic E-state index is 0.332. The van der Waals surface area contributed by atoms with Crippen molar-refractivity contribution in [2.45, 2.75) is 51.5 Å². The molecule has 4 nitrogen and oxygen atoms in total. The number of sulfonamides is 1. The van der Waals surface area contributed by atoms with E-state index in [0.29, 0.717) is 21.7 Å². The highest BCUT2D eigenvalue weighted by atomic mass is 32.2. The second kappa shape index (κ2) is 4.90. The fraction of sp³-hybridized carbons (Fsp3) is 0.538. The van der Waals surface area contributed by atoms with E-state index < -0.39 is 15.6 Å². The predicted octanol–water partition coefficient (Wildman–Crippen LogP) is 2.35. The molecule has 102 valence electrons. The highest BCUT2D eigenvalue weighted by Gasteiger charge is 2.27. The van der Waals surface area contributed by atoms with Crippen LogP contribution in [0.4, 0.5) is 5.69 Å². The van der Waals surface area contributed by atoms with Crippen molar-refractivity contribution in [2.75, 3.05) is 5.73 Å². The monoisotopic (exact) mass is 270 g/mol. The molecule has 0 saturated carbocycles. The van der Waals surface area contributed by atoms with Crippen LogP contribution in [0, 0.1) is 13.8 Å². The first-order chi connectivity index (χ1) is 8.09. The Balaban J connectivity index is 3.30. The van der Waals surface area contributed by atoms with Crippen molar-refractivity contribution in [1.29, 1.82) is 0 Å². The molecule has 0 amide bonds. The molecule has 0 fully saturated rings. The summed E-state index contributed by atoms with van der Waals surface area (Å²) in [6.07, 6.45) is 0.722. The topological polar surface area (TPSA) is 72.2 Å². The van der Waals surface area contributed by atoms with Crippen LogP contribution >= 0.6 is 0 Å². The molecule has 0 aromatic heterocycles. The van der Waals surface area contributed by atoms with Gasteiger partial charge in [0, 0.05) is 11.2 Å². The predicted molar refractivity (Wildman–Crippen MR) is 75.0 cm³/mol. The maximum atomic E-state index is 12.4. The third-order valence-electron chi connectivity index (χ3n) is 3.05. The number of nitrogen functional groups attached to an aromatic ring is 1. The van der Waals surface area contributed by atoms with Crippen LogP contribution in [0.1, 0.15) is 38.3 Å². The Bertz CT molecular complexity index is 525. The van der Waals surface area contributed by atoms with Gasteiger partial charge in [-0.2, -0.15) is 0 Å². The summed E-state index contributed by atoms with van der Waals surface area (Å²) in [4.78, 5) is 0.332. The molecular weight excluding hydrogens is 248 g/mol. The Morgan fingerprint density at radius 2 is 1.67 bits per heavy atom. The summed E-state index contributed by atoms with van der Waals surface area (Å²) in [5.74, 6) is 0. The average molecular weight is 270 g/mol. The highest BCUT2D eigenvalue weighted by Crippen LogP contribution is 2.24. The van der Waals surface area contributed by atoms with Gasteiger partial charge in [0.1, 0.15) is 0 Å². The van der Waals surface area contributed by atoms with Crippen LogP contribution in [0.25, 0.3) is 0 Å². The van der Waals surface area contributed by atoms with Gasteiger partial charge in [-0.1, -0.05) is 6.92 Å². The van der Waals surface area contributed by atoms with Gasteiger partial charge in [0.25, 0.3) is 0 Å². The molecule has 0 aliphatic rings. The van der Waals surface area contributed by atoms with Gasteiger partial charge >= 0.3 is 0 Å². The molecular formula is C13H22N2O2S. The lowest BCUT2D eigenvalue weighted by atomic mass is 10.0. The third-order valence-corrected chi connectivity index (χ3v) is 5.05. The van der Waals surface area contributed by atoms with Crippen molar-refractivity contribution in [1.82, 2.24) is 4.72 Å². The van der Waals surface area contributed by atoms with Crippen LogP contribution in [-0.2, 0) is 10.0 Å². The Morgan fingerprint density at radius 1 is 1.22 bits per heavy atom. The van der Waals surface area contributed by atoms with E-state index in [-0.39, 0.29) is 0 Å². The van der Waals surface area contributed by atoms with Crippen LogP contribution in [0.15, 0.2) is 17.0 Å². The van der Waals surface area contributed by atoms with Crippen LogP contribution in [-0.4, -0.2) is 14.0 Å². The minimum atomic E-state index is -3.51. The van der Waals surface area contributed by atoms with E-state index in [1.165, 1.54) is 0 Å². The summed E-state index contributed by atoms with van der Waals surface area (Å²) < 4.78 is 27.5. The van der Waals surface area contributed by atoms with Gasteiger partial charge in [0.2, 0.25) is 10.0 Å². The first kappa shape index (κ1) is 15.0. The van der Waals surface area contributed by atoms with E-state index in [4.69, 9.17) is 5.73 Å². The number of hydrogen-bond donors (Lipinski definition) is 2. The van der Waals surface area contributed by atoms with Gasteiger partial charge in [-0.3, -0.25) is 0 Å². The zero-order valence-electron chi connectivity index (χ0n) is 11.7. The van der Waals surface area contributed by atoms with E-state index >= 15 is 0 Å². The van der Waals surface area contributed by atoms with Gasteiger partial charge in [-0.25, -0.2) is 13.1 Å². The molecule has 1 rings (SSSR count). The fourth-order valence-corrected chi connectivity index (χ4v) is 3.83. The largest absolute Gasteiger partial charge is 0.399 e. The number of hydrogen-bond acceptors (Lipinski definition) is 3. The zero-order chi connectivity index (χ0) is 14.1. The molecule has 0 aliphatic carbocycles. The Hall–Kier alpha value is -1.07. The van der Waals surface area contributed by atoms with Gasteiger partial charge in [0.15, 0.2) is 0 Å². The quantitative estimate of drug-likeness (QED) is 0.825. The lowest BCUT2D eigenvalue weighted by Crippen LogP contribution is -2.43. The fourth-order valence-electron chi connectivity index (χ4n) is 1.89. The van der Waals surface area contributed by atoms with Crippen molar-refractivity contribution in [2.24, 2.45) is 0 Å². The Morgan fingerprint density at radius 3 is 2.06 bits per heavy atom. The molecule has 3 N–H and O–H groups in total. The molecule has 0 heterocycles. The Labute approximate surface area is 110 Å². The Kier molecular flexibility index (Phi) is 4.08. The van der Waals surface area contributed by atoms with Crippen molar-refractivity contribution >= 4 is 15.7 Å². The highest BCUT2D eigenvalue weighted by molar-refractivity contribution is 7.89. The second-order valence-corrected chi connectivity index (χ2v) is 6.95. The first-order valence-electron chi connectivity index (χ1n) is 6.00. The zero-order valence-corrected chi connectivity index (χ0v) is 12.5. The SMILES string of the molecule is CCC(C)(C)NS(=O)(=O)c1c(C)cc(N)cc1C. The number of nitrogens with two attached hydrogens (primary N) is 1. The van der Waals surface area contributed by atoms with Crippen molar-refractivity contribution in [3.05, 3.63) is 23.3 Å². The lowest BCUT2D eigenvalue weighted by Gasteiger charge is -2.25. The molecule has 0 aliphatic heterocycles. The summed E-state index contributed by atoms with van der Waals surface area (Å²) >= 11 is 0. The normalized spacial score (nSPS) is 12.7. The van der Waals surface area contributed by atoms with Gasteiger partial charge in [-0.05, 0) is 57.4 Å². The van der Waals surface area contributed by atoms with Crippen LogP contribution in [0.2, 0.25) is 0 Å². The summed E-state index contributed by atoms with van der Waals surface area (Å²) in [6.45, 7) is 9.21. The maximum Gasteiger partial charge on any atom is 0.241 e. The molecule has 1 aromatic carbocycles.